The number of amides is 1. The Morgan fingerprint density at radius 1 is 1.60 bits per heavy atom. The fourth-order valence-corrected chi connectivity index (χ4v) is 4.09. The molecule has 1 amide bonds. The van der Waals surface area contributed by atoms with Crippen molar-refractivity contribution in [2.45, 2.75) is 43.1 Å². The van der Waals surface area contributed by atoms with Crippen molar-refractivity contribution in [3.05, 3.63) is 15.9 Å². The van der Waals surface area contributed by atoms with Gasteiger partial charge in [0.25, 0.3) is 0 Å². The van der Waals surface area contributed by atoms with Gasteiger partial charge in [0.1, 0.15) is 0 Å². The second-order valence-corrected chi connectivity index (χ2v) is 7.43. The molecule has 0 aliphatic carbocycles. The summed E-state index contributed by atoms with van der Waals surface area (Å²) in [7, 11) is 1.57. The zero-order valence-electron chi connectivity index (χ0n) is 11.9. The summed E-state index contributed by atoms with van der Waals surface area (Å²) in [5, 5.41) is 2.02. The monoisotopic (exact) mass is 381 g/mol. The molecule has 1 aromatic rings. The Morgan fingerprint density at radius 2 is 2.35 bits per heavy atom. The third kappa shape index (κ3) is 6.13. The molecular weight excluding hydrogens is 362 g/mol. The third-order valence-corrected chi connectivity index (χ3v) is 6.30. The predicted molar refractivity (Wildman–Crippen MR) is 86.9 cm³/mol. The Morgan fingerprint density at radius 3 is 2.90 bits per heavy atom. The van der Waals surface area contributed by atoms with Gasteiger partial charge in [-0.3, -0.25) is 4.79 Å². The van der Waals surface area contributed by atoms with Crippen LogP contribution in [0.1, 0.15) is 33.1 Å². The first-order chi connectivity index (χ1) is 9.50. The summed E-state index contributed by atoms with van der Waals surface area (Å²) in [4.78, 5) is 17.0. The average Bonchev–Trinajstić information content (AvgIpc) is 2.86. The maximum absolute atomic E-state index is 11.5. The highest BCUT2D eigenvalue weighted by Gasteiger charge is 2.27. The number of hydroxylamine groups is 1. The predicted octanol–water partition coefficient (Wildman–Crippen LogP) is 4.20. The summed E-state index contributed by atoms with van der Waals surface area (Å²) in [6.45, 7) is 3.85. The molecule has 0 aromatic carbocycles. The highest BCUT2D eigenvalue weighted by atomic mass is 79.9. The van der Waals surface area contributed by atoms with Gasteiger partial charge in [0.15, 0.2) is 5.79 Å². The van der Waals surface area contributed by atoms with Crippen molar-refractivity contribution in [3.8, 4) is 0 Å². The van der Waals surface area contributed by atoms with Gasteiger partial charge in [-0.15, -0.1) is 23.1 Å². The molecule has 20 heavy (non-hydrogen) atoms. The van der Waals surface area contributed by atoms with E-state index in [1.165, 1.54) is 0 Å². The maximum Gasteiger partial charge on any atom is 0.243 e. The molecule has 114 valence electrons. The lowest BCUT2D eigenvalue weighted by atomic mass is 10.2. The molecule has 0 bridgehead atoms. The highest BCUT2D eigenvalue weighted by Crippen LogP contribution is 2.35. The van der Waals surface area contributed by atoms with Crippen LogP contribution in [0.15, 0.2) is 20.1 Å². The zero-order chi connectivity index (χ0) is 15.0. The summed E-state index contributed by atoms with van der Waals surface area (Å²) in [6.07, 6.45) is 2.31. The van der Waals surface area contributed by atoms with Crippen LogP contribution in [0.2, 0.25) is 0 Å². The minimum Gasteiger partial charge on any atom is -0.351 e. The van der Waals surface area contributed by atoms with Gasteiger partial charge in [0, 0.05) is 18.0 Å². The van der Waals surface area contributed by atoms with Crippen LogP contribution in [0.25, 0.3) is 0 Å². The van der Waals surface area contributed by atoms with Crippen molar-refractivity contribution in [1.29, 1.82) is 0 Å². The Bertz CT molecular complexity index is 428. The van der Waals surface area contributed by atoms with E-state index in [0.717, 1.165) is 21.5 Å². The second kappa shape index (κ2) is 9.04. The number of unbranched alkanes of at least 4 members (excludes halogenated alkanes) is 1. The van der Waals surface area contributed by atoms with Crippen molar-refractivity contribution in [2.75, 3.05) is 12.9 Å². The van der Waals surface area contributed by atoms with Gasteiger partial charge in [-0.2, -0.15) is 0 Å². The van der Waals surface area contributed by atoms with Crippen LogP contribution in [0.4, 0.5) is 0 Å². The van der Waals surface area contributed by atoms with Crippen LogP contribution in [-0.2, 0) is 14.4 Å². The topological polar surface area (TPSA) is 47.6 Å². The van der Waals surface area contributed by atoms with Gasteiger partial charge in [0.2, 0.25) is 5.91 Å². The molecule has 1 heterocycles. The molecule has 0 aliphatic heterocycles. The van der Waals surface area contributed by atoms with E-state index in [4.69, 9.17) is 9.57 Å². The first-order valence-corrected chi connectivity index (χ1v) is 9.04. The molecule has 7 heteroatoms. The Hall–Kier alpha value is -0.0800. The maximum atomic E-state index is 11.5. The van der Waals surface area contributed by atoms with Gasteiger partial charge in [-0.1, -0.05) is 13.3 Å². The zero-order valence-corrected chi connectivity index (χ0v) is 15.1. The van der Waals surface area contributed by atoms with Gasteiger partial charge in [0.05, 0.1) is 9.96 Å². The van der Waals surface area contributed by atoms with E-state index in [2.05, 4.69) is 21.4 Å². The molecule has 1 N–H and O–H groups in total. The number of nitrogens with one attached hydrogen (secondary N) is 1. The third-order valence-electron chi connectivity index (χ3n) is 2.62. The SMILES string of the molecule is CCCCC(=O)NOC(C)(CSc1sccc1Br)OC. The van der Waals surface area contributed by atoms with Crippen LogP contribution in [0.5, 0.6) is 0 Å². The smallest absolute Gasteiger partial charge is 0.243 e. The van der Waals surface area contributed by atoms with Crippen LogP contribution < -0.4 is 5.48 Å². The van der Waals surface area contributed by atoms with Crippen LogP contribution in [-0.4, -0.2) is 24.6 Å². The first kappa shape index (κ1) is 18.0. The summed E-state index contributed by atoms with van der Waals surface area (Å²) in [5.41, 5.74) is 2.47. The average molecular weight is 382 g/mol. The molecule has 1 unspecified atom stereocenters. The summed E-state index contributed by atoms with van der Waals surface area (Å²) < 4.78 is 7.59. The number of methoxy groups -OCH3 is 1. The van der Waals surface area contributed by atoms with E-state index in [9.17, 15) is 4.79 Å². The van der Waals surface area contributed by atoms with E-state index in [1.807, 2.05) is 25.3 Å². The quantitative estimate of drug-likeness (QED) is 0.395. The lowest BCUT2D eigenvalue weighted by Crippen LogP contribution is -2.41. The first-order valence-electron chi connectivity index (χ1n) is 6.38. The molecule has 0 saturated heterocycles. The molecule has 4 nitrogen and oxygen atoms in total. The van der Waals surface area contributed by atoms with Crippen LogP contribution >= 0.6 is 39.0 Å². The van der Waals surface area contributed by atoms with Gasteiger partial charge in [-0.05, 0) is 40.7 Å². The lowest BCUT2D eigenvalue weighted by molar-refractivity contribution is -0.228. The van der Waals surface area contributed by atoms with E-state index in [0.29, 0.717) is 12.2 Å². The summed E-state index contributed by atoms with van der Waals surface area (Å²) >= 11 is 6.76. The minimum atomic E-state index is -0.851. The normalized spacial score (nSPS) is 14.0. The summed E-state index contributed by atoms with van der Waals surface area (Å²) in [6, 6.07) is 2.00. The lowest BCUT2D eigenvalue weighted by Gasteiger charge is -2.27. The van der Waals surface area contributed by atoms with Crippen molar-refractivity contribution in [2.24, 2.45) is 0 Å². The number of ether oxygens (including phenoxy) is 1. The Kier molecular flexibility index (Phi) is 8.13. The molecule has 0 radical (unpaired) electrons. The number of carbonyl (C=O) groups excluding carboxylic acids is 1. The molecule has 1 aromatic heterocycles. The van der Waals surface area contributed by atoms with Crippen molar-refractivity contribution in [3.63, 3.8) is 0 Å². The number of thioether (sulfide) groups is 1. The van der Waals surface area contributed by atoms with Gasteiger partial charge in [-0.25, -0.2) is 10.3 Å². The number of halogens is 1. The minimum absolute atomic E-state index is 0.113. The number of hydrogen-bond acceptors (Lipinski definition) is 5. The Balaban J connectivity index is 2.42. The second-order valence-electron chi connectivity index (χ2n) is 4.41. The van der Waals surface area contributed by atoms with E-state index in [1.54, 1.807) is 30.2 Å². The van der Waals surface area contributed by atoms with Gasteiger partial charge >= 0.3 is 0 Å². The Labute approximate surface area is 136 Å². The molecular formula is C13H20BrNO3S2. The highest BCUT2D eigenvalue weighted by molar-refractivity contribution is 9.10. The van der Waals surface area contributed by atoms with Crippen molar-refractivity contribution in [1.82, 2.24) is 5.48 Å². The molecule has 1 atom stereocenters. The van der Waals surface area contributed by atoms with E-state index >= 15 is 0 Å². The molecule has 0 saturated carbocycles. The molecule has 1 rings (SSSR count). The van der Waals surface area contributed by atoms with E-state index < -0.39 is 5.79 Å². The van der Waals surface area contributed by atoms with Crippen molar-refractivity contribution >= 4 is 44.9 Å². The summed E-state index contributed by atoms with van der Waals surface area (Å²) in [5.74, 6) is -0.385. The number of carbonyl (C=O) groups is 1. The van der Waals surface area contributed by atoms with Crippen molar-refractivity contribution < 1.29 is 14.4 Å². The molecule has 0 aliphatic rings. The van der Waals surface area contributed by atoms with Gasteiger partial charge < -0.3 is 4.74 Å². The van der Waals surface area contributed by atoms with Crippen LogP contribution in [0, 0.1) is 0 Å². The number of thiophene rings is 1. The molecule has 0 spiro atoms. The van der Waals surface area contributed by atoms with E-state index in [-0.39, 0.29) is 5.91 Å². The fourth-order valence-electron chi connectivity index (χ4n) is 1.26. The van der Waals surface area contributed by atoms with Crippen LogP contribution in [0.3, 0.4) is 0 Å². The standard InChI is InChI=1S/C13H20BrNO3S2/c1-4-5-6-11(16)15-18-13(2,17-3)9-20-12-10(14)7-8-19-12/h7-8H,4-6,9H2,1-3H3,(H,15,16). The number of hydrogen-bond donors (Lipinski definition) is 1. The number of rotatable bonds is 9. The molecule has 0 fully saturated rings. The largest absolute Gasteiger partial charge is 0.351 e. The fraction of sp³-hybridized carbons (Fsp3) is 0.615.